The second kappa shape index (κ2) is 7.39. The fourth-order valence-corrected chi connectivity index (χ4v) is 2.55. The molecule has 0 fully saturated rings. The number of nitrogens with one attached hydrogen (secondary N) is 1. The molecule has 1 unspecified atom stereocenters. The second-order valence-corrected chi connectivity index (χ2v) is 5.30. The summed E-state index contributed by atoms with van der Waals surface area (Å²) in [6.07, 6.45) is 2.11. The lowest BCUT2D eigenvalue weighted by Crippen LogP contribution is -2.29. The molecule has 1 atom stereocenters. The van der Waals surface area contributed by atoms with E-state index in [9.17, 15) is 0 Å². The molecule has 0 spiro atoms. The van der Waals surface area contributed by atoms with Gasteiger partial charge in [-0.3, -0.25) is 4.68 Å². The summed E-state index contributed by atoms with van der Waals surface area (Å²) in [6.45, 7) is 8.05. The van der Waals surface area contributed by atoms with Crippen LogP contribution in [0.15, 0.2) is 4.47 Å². The molecule has 1 aromatic rings. The van der Waals surface area contributed by atoms with Crippen LogP contribution in [0, 0.1) is 6.92 Å². The van der Waals surface area contributed by atoms with Gasteiger partial charge in [-0.1, -0.05) is 6.92 Å². The quantitative estimate of drug-likeness (QED) is 0.779. The molecule has 1 rings (SSSR count). The zero-order chi connectivity index (χ0) is 12.8. The third kappa shape index (κ3) is 3.97. The molecule has 0 radical (unpaired) electrons. The van der Waals surface area contributed by atoms with Gasteiger partial charge in [0.15, 0.2) is 0 Å². The van der Waals surface area contributed by atoms with E-state index in [1.165, 1.54) is 5.69 Å². The smallest absolute Gasteiger partial charge is 0.0739 e. The molecule has 1 aromatic heterocycles. The molecule has 1 heterocycles. The van der Waals surface area contributed by atoms with E-state index < -0.39 is 0 Å². The van der Waals surface area contributed by atoms with E-state index in [0.29, 0.717) is 11.9 Å². The summed E-state index contributed by atoms with van der Waals surface area (Å²) in [5, 5.41) is 8.02. The average molecular weight is 323 g/mol. The molecule has 98 valence electrons. The first kappa shape index (κ1) is 15.0. The van der Waals surface area contributed by atoms with E-state index in [1.807, 2.05) is 11.6 Å². The number of alkyl halides is 1. The Balaban J connectivity index is 2.67. The van der Waals surface area contributed by atoms with Gasteiger partial charge in [-0.05, 0) is 42.6 Å². The van der Waals surface area contributed by atoms with Gasteiger partial charge in [0.25, 0.3) is 0 Å². The Hall–Kier alpha value is -0.0600. The summed E-state index contributed by atoms with van der Waals surface area (Å²) in [5.41, 5.74) is 2.27. The lowest BCUT2D eigenvalue weighted by molar-refractivity contribution is 0.468. The summed E-state index contributed by atoms with van der Waals surface area (Å²) >= 11 is 9.39. The highest BCUT2D eigenvalue weighted by molar-refractivity contribution is 9.10. The van der Waals surface area contributed by atoms with Gasteiger partial charge in [-0.15, -0.1) is 11.6 Å². The van der Waals surface area contributed by atoms with E-state index >= 15 is 0 Å². The molecule has 0 aliphatic heterocycles. The van der Waals surface area contributed by atoms with Crippen LogP contribution < -0.4 is 5.32 Å². The average Bonchev–Trinajstić information content (AvgIpc) is 2.61. The van der Waals surface area contributed by atoms with Crippen molar-refractivity contribution >= 4 is 27.5 Å². The molecule has 0 bridgehead atoms. The molecule has 0 aromatic carbocycles. The molecular weight excluding hydrogens is 302 g/mol. The Morgan fingerprint density at radius 2 is 2.18 bits per heavy atom. The third-order valence-corrected chi connectivity index (χ3v) is 4.21. The van der Waals surface area contributed by atoms with E-state index in [2.05, 4.69) is 40.2 Å². The lowest BCUT2D eigenvalue weighted by Gasteiger charge is -2.16. The molecule has 5 heteroatoms. The summed E-state index contributed by atoms with van der Waals surface area (Å²) in [7, 11) is 0. The summed E-state index contributed by atoms with van der Waals surface area (Å²) < 4.78 is 3.16. The summed E-state index contributed by atoms with van der Waals surface area (Å²) in [5.74, 6) is 0.707. The number of nitrogens with zero attached hydrogens (tertiary/aromatic N) is 2. The lowest BCUT2D eigenvalue weighted by atomic mass is 10.1. The predicted octanol–water partition coefficient (Wildman–Crippen LogP) is 3.47. The molecule has 0 amide bonds. The van der Waals surface area contributed by atoms with Crippen molar-refractivity contribution in [2.45, 2.75) is 52.7 Å². The van der Waals surface area contributed by atoms with Gasteiger partial charge in [0, 0.05) is 25.0 Å². The maximum atomic E-state index is 5.78. The highest BCUT2D eigenvalue weighted by Crippen LogP contribution is 2.21. The van der Waals surface area contributed by atoms with Crippen LogP contribution in [0.4, 0.5) is 0 Å². The van der Waals surface area contributed by atoms with Crippen LogP contribution >= 0.6 is 27.5 Å². The molecular formula is C12H21BrClN3. The van der Waals surface area contributed by atoms with Crippen LogP contribution in [0.25, 0.3) is 0 Å². The van der Waals surface area contributed by atoms with Crippen molar-refractivity contribution in [1.82, 2.24) is 15.1 Å². The minimum atomic E-state index is 0.486. The molecule has 17 heavy (non-hydrogen) atoms. The van der Waals surface area contributed by atoms with Crippen LogP contribution in [0.1, 0.15) is 38.1 Å². The van der Waals surface area contributed by atoms with Gasteiger partial charge in [0.05, 0.1) is 15.9 Å². The normalized spacial score (nSPS) is 13.0. The predicted molar refractivity (Wildman–Crippen MR) is 76.6 cm³/mol. The van der Waals surface area contributed by atoms with Crippen molar-refractivity contribution in [2.75, 3.05) is 5.88 Å². The highest BCUT2D eigenvalue weighted by atomic mass is 79.9. The Morgan fingerprint density at radius 1 is 1.47 bits per heavy atom. The molecule has 0 aliphatic rings. The SMILES string of the molecule is CCC(CCCl)NCc1c(Br)c(C)nn1CC. The Kier molecular flexibility index (Phi) is 6.52. The minimum Gasteiger partial charge on any atom is -0.308 e. The van der Waals surface area contributed by atoms with Gasteiger partial charge in [-0.25, -0.2) is 0 Å². The monoisotopic (exact) mass is 321 g/mol. The maximum absolute atomic E-state index is 5.78. The molecule has 1 N–H and O–H groups in total. The largest absolute Gasteiger partial charge is 0.308 e. The number of aryl methyl sites for hydroxylation is 2. The second-order valence-electron chi connectivity index (χ2n) is 4.13. The summed E-state index contributed by atoms with van der Waals surface area (Å²) in [6, 6.07) is 0.486. The number of halogens is 2. The Bertz CT molecular complexity index is 352. The van der Waals surface area contributed by atoms with Crippen LogP contribution in [0.3, 0.4) is 0 Å². The van der Waals surface area contributed by atoms with Crippen molar-refractivity contribution in [2.24, 2.45) is 0 Å². The van der Waals surface area contributed by atoms with Crippen LogP contribution in [0.5, 0.6) is 0 Å². The summed E-state index contributed by atoms with van der Waals surface area (Å²) in [4.78, 5) is 0. The highest BCUT2D eigenvalue weighted by Gasteiger charge is 2.13. The van der Waals surface area contributed by atoms with Crippen molar-refractivity contribution in [3.05, 3.63) is 15.9 Å². The van der Waals surface area contributed by atoms with Crippen molar-refractivity contribution in [3.63, 3.8) is 0 Å². The topological polar surface area (TPSA) is 29.9 Å². The fraction of sp³-hybridized carbons (Fsp3) is 0.750. The molecule has 3 nitrogen and oxygen atoms in total. The van der Waals surface area contributed by atoms with E-state index in [0.717, 1.165) is 36.1 Å². The third-order valence-electron chi connectivity index (χ3n) is 2.96. The van der Waals surface area contributed by atoms with Gasteiger partial charge < -0.3 is 5.32 Å². The van der Waals surface area contributed by atoms with Crippen LogP contribution in [-0.2, 0) is 13.1 Å². The molecule has 0 saturated heterocycles. The molecule has 0 saturated carbocycles. The number of rotatable bonds is 7. The standard InChI is InChI=1S/C12H21BrClN3/c1-4-10(6-7-14)15-8-11-12(13)9(3)16-17(11)5-2/h10,15H,4-8H2,1-3H3. The zero-order valence-electron chi connectivity index (χ0n) is 10.8. The van der Waals surface area contributed by atoms with Crippen molar-refractivity contribution < 1.29 is 0 Å². The fourth-order valence-electron chi connectivity index (χ4n) is 1.86. The van der Waals surface area contributed by atoms with Gasteiger partial charge in [0.1, 0.15) is 0 Å². The first-order valence-electron chi connectivity index (χ1n) is 6.15. The van der Waals surface area contributed by atoms with E-state index in [-0.39, 0.29) is 0 Å². The molecule has 0 aliphatic carbocycles. The van der Waals surface area contributed by atoms with Crippen molar-refractivity contribution in [1.29, 1.82) is 0 Å². The van der Waals surface area contributed by atoms with Gasteiger partial charge in [-0.2, -0.15) is 5.10 Å². The number of aromatic nitrogens is 2. The minimum absolute atomic E-state index is 0.486. The number of hydrogen-bond acceptors (Lipinski definition) is 2. The first-order valence-corrected chi connectivity index (χ1v) is 7.47. The Labute approximate surface area is 117 Å². The maximum Gasteiger partial charge on any atom is 0.0739 e. The van der Waals surface area contributed by atoms with Crippen molar-refractivity contribution in [3.8, 4) is 0 Å². The number of hydrogen-bond donors (Lipinski definition) is 1. The van der Waals surface area contributed by atoms with Crippen LogP contribution in [-0.4, -0.2) is 21.7 Å². The van der Waals surface area contributed by atoms with E-state index in [1.54, 1.807) is 0 Å². The Morgan fingerprint density at radius 3 is 2.71 bits per heavy atom. The van der Waals surface area contributed by atoms with E-state index in [4.69, 9.17) is 11.6 Å². The zero-order valence-corrected chi connectivity index (χ0v) is 13.1. The first-order chi connectivity index (χ1) is 8.13. The van der Waals surface area contributed by atoms with Gasteiger partial charge in [0.2, 0.25) is 0 Å². The van der Waals surface area contributed by atoms with Crippen LogP contribution in [0.2, 0.25) is 0 Å². The van der Waals surface area contributed by atoms with Gasteiger partial charge >= 0.3 is 0 Å².